The number of imide groups is 1. The summed E-state index contributed by atoms with van der Waals surface area (Å²) in [4.78, 5) is 47.9. The Morgan fingerprint density at radius 2 is 1.45 bits per heavy atom. The minimum atomic E-state index is -0.993. The molecular weight excluding hydrogens is 374 g/mol. The van der Waals surface area contributed by atoms with Gasteiger partial charge in [0.05, 0.1) is 19.1 Å². The van der Waals surface area contributed by atoms with Crippen molar-refractivity contribution in [2.75, 3.05) is 13.1 Å². The summed E-state index contributed by atoms with van der Waals surface area (Å²) in [7, 11) is 0. The van der Waals surface area contributed by atoms with Gasteiger partial charge in [-0.15, -0.1) is 0 Å². The highest BCUT2D eigenvalue weighted by Crippen LogP contribution is 2.03. The van der Waals surface area contributed by atoms with Crippen molar-refractivity contribution >= 4 is 23.6 Å². The monoisotopic (exact) mass is 397 g/mol. The first-order valence-electron chi connectivity index (χ1n) is 8.89. The average Bonchev–Trinajstić information content (AvgIpc) is 2.75. The first-order chi connectivity index (χ1) is 13.9. The standard InChI is InChI=1S/C20H23N5O4/c21-16(11-14-7-3-1-4-8-14)20(29)25(22)18(27)13-23-17(26)12-24-19(28)15-9-5-2-6-10-15/h1-10,16H,11-13,21-22H2,(H,23,26)(H,24,28). The lowest BCUT2D eigenvalue weighted by Gasteiger charge is -2.19. The van der Waals surface area contributed by atoms with E-state index >= 15 is 0 Å². The van der Waals surface area contributed by atoms with Crippen LogP contribution in [-0.2, 0) is 20.8 Å². The molecule has 0 saturated heterocycles. The maximum atomic E-state index is 12.2. The van der Waals surface area contributed by atoms with Gasteiger partial charge < -0.3 is 16.4 Å². The Morgan fingerprint density at radius 3 is 2.07 bits per heavy atom. The summed E-state index contributed by atoms with van der Waals surface area (Å²) < 4.78 is 0. The third-order valence-electron chi connectivity index (χ3n) is 4.00. The highest BCUT2D eigenvalue weighted by molar-refractivity contribution is 6.00. The van der Waals surface area contributed by atoms with Crippen LogP contribution >= 0.6 is 0 Å². The van der Waals surface area contributed by atoms with Crippen LogP contribution in [0.3, 0.4) is 0 Å². The van der Waals surface area contributed by atoms with Crippen molar-refractivity contribution in [3.63, 3.8) is 0 Å². The Kier molecular flexibility index (Phi) is 8.01. The molecule has 0 radical (unpaired) electrons. The number of hydrogen-bond donors (Lipinski definition) is 4. The lowest BCUT2D eigenvalue weighted by Crippen LogP contribution is -2.54. The van der Waals surface area contributed by atoms with Crippen LogP contribution in [0.25, 0.3) is 0 Å². The summed E-state index contributed by atoms with van der Waals surface area (Å²) in [5.74, 6) is 2.93. The van der Waals surface area contributed by atoms with Crippen molar-refractivity contribution in [2.45, 2.75) is 12.5 Å². The Morgan fingerprint density at radius 1 is 0.862 bits per heavy atom. The minimum absolute atomic E-state index is 0.221. The summed E-state index contributed by atoms with van der Waals surface area (Å²) in [5.41, 5.74) is 7.06. The van der Waals surface area contributed by atoms with Crippen LogP contribution in [0, 0.1) is 0 Å². The van der Waals surface area contributed by atoms with E-state index in [1.165, 1.54) is 0 Å². The van der Waals surface area contributed by atoms with Crippen molar-refractivity contribution in [1.29, 1.82) is 0 Å². The van der Waals surface area contributed by atoms with Gasteiger partial charge in [-0.3, -0.25) is 19.2 Å². The first kappa shape index (κ1) is 21.7. The summed E-state index contributed by atoms with van der Waals surface area (Å²) in [5, 5.41) is 5.12. The third kappa shape index (κ3) is 6.83. The van der Waals surface area contributed by atoms with Gasteiger partial charge in [0.25, 0.3) is 17.7 Å². The van der Waals surface area contributed by atoms with Crippen molar-refractivity contribution in [3.05, 3.63) is 71.8 Å². The second-order valence-corrected chi connectivity index (χ2v) is 6.22. The van der Waals surface area contributed by atoms with Crippen molar-refractivity contribution in [2.24, 2.45) is 11.6 Å². The molecule has 1 atom stereocenters. The van der Waals surface area contributed by atoms with Crippen LogP contribution < -0.4 is 22.2 Å². The van der Waals surface area contributed by atoms with E-state index in [0.29, 0.717) is 10.6 Å². The molecular formula is C20H23N5O4. The summed E-state index contributed by atoms with van der Waals surface area (Å²) >= 11 is 0. The molecule has 2 rings (SSSR count). The van der Waals surface area contributed by atoms with Gasteiger partial charge in [-0.25, -0.2) is 10.9 Å². The van der Waals surface area contributed by atoms with Gasteiger partial charge in [-0.1, -0.05) is 48.5 Å². The molecule has 0 aliphatic heterocycles. The van der Waals surface area contributed by atoms with Gasteiger partial charge in [0.1, 0.15) is 0 Å². The highest BCUT2D eigenvalue weighted by Gasteiger charge is 2.24. The summed E-state index contributed by atoms with van der Waals surface area (Å²) in [6.45, 7) is -0.826. The number of amides is 4. The average molecular weight is 397 g/mol. The molecule has 0 aromatic heterocycles. The molecule has 1 unspecified atom stereocenters. The maximum Gasteiger partial charge on any atom is 0.262 e. The topological polar surface area (TPSA) is 148 Å². The zero-order valence-electron chi connectivity index (χ0n) is 15.7. The van der Waals surface area contributed by atoms with Crippen molar-refractivity contribution in [3.8, 4) is 0 Å². The smallest absolute Gasteiger partial charge is 0.262 e. The fourth-order valence-corrected chi connectivity index (χ4v) is 2.43. The normalized spacial score (nSPS) is 11.2. The van der Waals surface area contributed by atoms with Crippen LogP contribution in [-0.4, -0.2) is 47.8 Å². The predicted molar refractivity (Wildman–Crippen MR) is 106 cm³/mol. The molecule has 152 valence electrons. The van der Waals surface area contributed by atoms with E-state index in [0.717, 1.165) is 5.56 Å². The van der Waals surface area contributed by atoms with Crippen LogP contribution in [0.4, 0.5) is 0 Å². The highest BCUT2D eigenvalue weighted by atomic mass is 16.2. The molecule has 0 heterocycles. The number of nitrogens with zero attached hydrogens (tertiary/aromatic N) is 1. The lowest BCUT2D eigenvalue weighted by atomic mass is 10.1. The Labute approximate surface area is 168 Å². The molecule has 0 fully saturated rings. The van der Waals surface area contributed by atoms with Crippen LogP contribution in [0.15, 0.2) is 60.7 Å². The SMILES string of the molecule is NC(Cc1ccccc1)C(=O)N(N)C(=O)CNC(=O)CNC(=O)c1ccccc1. The molecule has 0 spiro atoms. The lowest BCUT2D eigenvalue weighted by molar-refractivity contribution is -0.146. The second kappa shape index (κ2) is 10.7. The predicted octanol–water partition coefficient (Wildman–Crippen LogP) is -0.668. The summed E-state index contributed by atoms with van der Waals surface area (Å²) in [6.07, 6.45) is 0.221. The Hall–Kier alpha value is -3.56. The number of carbonyl (C=O) groups excluding carboxylic acids is 4. The largest absolute Gasteiger partial charge is 0.345 e. The minimum Gasteiger partial charge on any atom is -0.345 e. The van der Waals surface area contributed by atoms with E-state index < -0.39 is 36.2 Å². The number of hydrogen-bond acceptors (Lipinski definition) is 6. The van der Waals surface area contributed by atoms with Gasteiger partial charge in [-0.2, -0.15) is 0 Å². The van der Waals surface area contributed by atoms with E-state index in [9.17, 15) is 19.2 Å². The van der Waals surface area contributed by atoms with Crippen LogP contribution in [0.1, 0.15) is 15.9 Å². The fraction of sp³-hybridized carbons (Fsp3) is 0.200. The number of carbonyl (C=O) groups is 4. The van der Waals surface area contributed by atoms with Crippen molar-refractivity contribution in [1.82, 2.24) is 15.6 Å². The van der Waals surface area contributed by atoms with E-state index in [2.05, 4.69) is 10.6 Å². The van der Waals surface area contributed by atoms with E-state index in [-0.39, 0.29) is 13.0 Å². The maximum absolute atomic E-state index is 12.2. The first-order valence-corrected chi connectivity index (χ1v) is 8.89. The van der Waals surface area contributed by atoms with Gasteiger partial charge in [-0.05, 0) is 24.1 Å². The Balaban J connectivity index is 1.74. The van der Waals surface area contributed by atoms with E-state index in [1.807, 2.05) is 18.2 Å². The molecule has 4 amide bonds. The molecule has 0 bridgehead atoms. The van der Waals surface area contributed by atoms with E-state index in [1.54, 1.807) is 42.5 Å². The quantitative estimate of drug-likeness (QED) is 0.264. The molecule has 29 heavy (non-hydrogen) atoms. The molecule has 9 heteroatoms. The molecule has 0 saturated carbocycles. The number of nitrogens with two attached hydrogens (primary N) is 2. The van der Waals surface area contributed by atoms with E-state index in [4.69, 9.17) is 11.6 Å². The van der Waals surface area contributed by atoms with Crippen LogP contribution in [0.5, 0.6) is 0 Å². The van der Waals surface area contributed by atoms with Gasteiger partial charge >= 0.3 is 0 Å². The molecule has 0 aliphatic rings. The number of hydrazine groups is 1. The number of benzene rings is 2. The zero-order chi connectivity index (χ0) is 21.2. The molecule has 9 nitrogen and oxygen atoms in total. The van der Waals surface area contributed by atoms with Gasteiger partial charge in [0.15, 0.2) is 0 Å². The molecule has 0 aliphatic carbocycles. The molecule has 2 aromatic rings. The van der Waals surface area contributed by atoms with Crippen LogP contribution in [0.2, 0.25) is 0 Å². The van der Waals surface area contributed by atoms with Gasteiger partial charge in [0.2, 0.25) is 5.91 Å². The van der Waals surface area contributed by atoms with Gasteiger partial charge in [0, 0.05) is 5.56 Å². The molecule has 2 aromatic carbocycles. The molecule has 6 N–H and O–H groups in total. The number of rotatable bonds is 8. The second-order valence-electron chi connectivity index (χ2n) is 6.22. The van der Waals surface area contributed by atoms with Crippen molar-refractivity contribution < 1.29 is 19.2 Å². The Bertz CT molecular complexity index is 858. The fourth-order valence-electron chi connectivity index (χ4n) is 2.43. The zero-order valence-corrected chi connectivity index (χ0v) is 15.7. The third-order valence-corrected chi connectivity index (χ3v) is 4.00. The summed E-state index contributed by atoms with van der Waals surface area (Å²) in [6, 6.07) is 16.4. The number of nitrogens with one attached hydrogen (secondary N) is 2.